The fourth-order valence-corrected chi connectivity index (χ4v) is 2.21. The van der Waals surface area contributed by atoms with Crippen LogP contribution in [0.5, 0.6) is 5.75 Å². The summed E-state index contributed by atoms with van der Waals surface area (Å²) >= 11 is 0. The van der Waals surface area contributed by atoms with Gasteiger partial charge < -0.3 is 18.8 Å². The Morgan fingerprint density at radius 1 is 1.11 bits per heavy atom. The smallest absolute Gasteiger partial charge is 0.343 e. The number of ether oxygens (including phenoxy) is 3. The SMILES string of the molecule is COC(=O)c1ccc(OCCn2cc([N+](=O)[O-])cc(C(=O)OC)c2=O)cc1. The summed E-state index contributed by atoms with van der Waals surface area (Å²) in [5, 5.41) is 11.0. The highest BCUT2D eigenvalue weighted by Gasteiger charge is 2.19. The van der Waals surface area contributed by atoms with Crippen LogP contribution in [-0.2, 0) is 16.0 Å². The molecule has 0 spiro atoms. The third kappa shape index (κ3) is 4.69. The van der Waals surface area contributed by atoms with E-state index in [1.165, 1.54) is 19.2 Å². The monoisotopic (exact) mass is 376 g/mol. The van der Waals surface area contributed by atoms with E-state index in [1.54, 1.807) is 12.1 Å². The van der Waals surface area contributed by atoms with Crippen molar-refractivity contribution in [2.75, 3.05) is 20.8 Å². The Labute approximate surface area is 153 Å². The Balaban J connectivity index is 2.14. The van der Waals surface area contributed by atoms with E-state index < -0.39 is 33.7 Å². The molecule has 0 aliphatic rings. The standard InChI is InChI=1S/C17H16N2O8/c1-25-16(21)11-3-5-13(6-4-11)27-8-7-18-10-12(19(23)24)9-14(15(18)20)17(22)26-2/h3-6,9-10H,7-8H2,1-2H3. The van der Waals surface area contributed by atoms with Crippen molar-refractivity contribution in [2.24, 2.45) is 0 Å². The number of nitrogens with zero attached hydrogens (tertiary/aromatic N) is 2. The Kier molecular flexibility index (Phi) is 6.26. The van der Waals surface area contributed by atoms with Crippen molar-refractivity contribution in [1.29, 1.82) is 0 Å². The number of carbonyl (C=O) groups excluding carboxylic acids is 2. The largest absolute Gasteiger partial charge is 0.492 e. The van der Waals surface area contributed by atoms with Gasteiger partial charge in [0.1, 0.15) is 17.9 Å². The van der Waals surface area contributed by atoms with Crippen molar-refractivity contribution in [3.05, 3.63) is 68.1 Å². The van der Waals surface area contributed by atoms with Crippen LogP contribution in [-0.4, -0.2) is 42.3 Å². The number of nitro groups is 1. The van der Waals surface area contributed by atoms with Gasteiger partial charge in [-0.05, 0) is 24.3 Å². The molecule has 0 saturated heterocycles. The van der Waals surface area contributed by atoms with Crippen LogP contribution in [0.4, 0.5) is 5.69 Å². The Hall–Kier alpha value is -3.69. The van der Waals surface area contributed by atoms with Crippen LogP contribution in [0.15, 0.2) is 41.3 Å². The second kappa shape index (κ2) is 8.61. The van der Waals surface area contributed by atoms with Crippen LogP contribution in [0.3, 0.4) is 0 Å². The highest BCUT2D eigenvalue weighted by atomic mass is 16.6. The van der Waals surface area contributed by atoms with E-state index >= 15 is 0 Å². The molecule has 0 fully saturated rings. The average Bonchev–Trinajstić information content (AvgIpc) is 2.68. The normalized spacial score (nSPS) is 10.1. The quantitative estimate of drug-likeness (QED) is 0.403. The van der Waals surface area contributed by atoms with E-state index in [0.717, 1.165) is 23.9 Å². The molecule has 0 bridgehead atoms. The maximum Gasteiger partial charge on any atom is 0.343 e. The molecule has 0 unspecified atom stereocenters. The van der Waals surface area contributed by atoms with Crippen molar-refractivity contribution < 1.29 is 28.7 Å². The molecule has 1 aromatic heterocycles. The third-order valence-corrected chi connectivity index (χ3v) is 3.56. The molecule has 0 atom stereocenters. The summed E-state index contributed by atoms with van der Waals surface area (Å²) in [6.07, 6.45) is 1.03. The van der Waals surface area contributed by atoms with Crippen LogP contribution >= 0.6 is 0 Å². The summed E-state index contributed by atoms with van der Waals surface area (Å²) in [5.74, 6) is -1.02. The molecule has 0 radical (unpaired) electrons. The number of hydrogen-bond acceptors (Lipinski definition) is 8. The van der Waals surface area contributed by atoms with E-state index in [4.69, 9.17) is 4.74 Å². The van der Waals surface area contributed by atoms with Gasteiger partial charge in [-0.1, -0.05) is 0 Å². The summed E-state index contributed by atoms with van der Waals surface area (Å²) in [5.41, 5.74) is -1.23. The van der Waals surface area contributed by atoms with Gasteiger partial charge in [-0.3, -0.25) is 14.9 Å². The van der Waals surface area contributed by atoms with Gasteiger partial charge in [0.2, 0.25) is 0 Å². The van der Waals surface area contributed by atoms with E-state index in [-0.39, 0.29) is 13.2 Å². The molecule has 1 aromatic carbocycles. The topological polar surface area (TPSA) is 127 Å². The summed E-state index contributed by atoms with van der Waals surface area (Å²) in [6, 6.07) is 6.98. The minimum absolute atomic E-state index is 0.000736. The van der Waals surface area contributed by atoms with Gasteiger partial charge in [0.15, 0.2) is 0 Å². The lowest BCUT2D eigenvalue weighted by molar-refractivity contribution is -0.385. The van der Waals surface area contributed by atoms with Crippen molar-refractivity contribution in [3.8, 4) is 5.75 Å². The maximum absolute atomic E-state index is 12.3. The highest BCUT2D eigenvalue weighted by molar-refractivity contribution is 5.89. The number of benzene rings is 1. The van der Waals surface area contributed by atoms with Gasteiger partial charge in [-0.25, -0.2) is 9.59 Å². The number of aromatic nitrogens is 1. The Morgan fingerprint density at radius 3 is 2.30 bits per heavy atom. The van der Waals surface area contributed by atoms with Gasteiger partial charge in [0.05, 0.1) is 37.4 Å². The highest BCUT2D eigenvalue weighted by Crippen LogP contribution is 2.14. The summed E-state index contributed by atoms with van der Waals surface area (Å²) in [4.78, 5) is 45.6. The van der Waals surface area contributed by atoms with E-state index in [1.807, 2.05) is 0 Å². The van der Waals surface area contributed by atoms with Crippen molar-refractivity contribution >= 4 is 17.6 Å². The lowest BCUT2D eigenvalue weighted by Crippen LogP contribution is -2.28. The van der Waals surface area contributed by atoms with Crippen LogP contribution in [0.25, 0.3) is 0 Å². The molecule has 1 heterocycles. The first-order valence-corrected chi connectivity index (χ1v) is 7.65. The summed E-state index contributed by atoms with van der Waals surface area (Å²) < 4.78 is 15.5. The minimum Gasteiger partial charge on any atom is -0.492 e. The molecule has 0 N–H and O–H groups in total. The predicted octanol–water partition coefficient (Wildman–Crippen LogP) is 1.41. The van der Waals surface area contributed by atoms with E-state index in [0.29, 0.717) is 11.3 Å². The first-order chi connectivity index (χ1) is 12.9. The molecule has 0 amide bonds. The molecule has 0 aliphatic heterocycles. The fraction of sp³-hybridized carbons (Fsp3) is 0.235. The number of esters is 2. The molecule has 10 nitrogen and oxygen atoms in total. The minimum atomic E-state index is -0.961. The van der Waals surface area contributed by atoms with Crippen LogP contribution in [0.1, 0.15) is 20.7 Å². The Bertz CT molecular complexity index is 918. The van der Waals surface area contributed by atoms with Crippen LogP contribution in [0, 0.1) is 10.1 Å². The number of pyridine rings is 1. The molecule has 142 valence electrons. The first-order valence-electron chi connectivity index (χ1n) is 7.65. The van der Waals surface area contributed by atoms with Crippen LogP contribution < -0.4 is 10.3 Å². The number of carbonyl (C=O) groups is 2. The molecule has 0 saturated carbocycles. The number of rotatable bonds is 7. The van der Waals surface area contributed by atoms with Gasteiger partial charge in [-0.2, -0.15) is 0 Å². The van der Waals surface area contributed by atoms with Crippen molar-refractivity contribution in [1.82, 2.24) is 4.57 Å². The zero-order chi connectivity index (χ0) is 20.0. The molecule has 10 heteroatoms. The number of hydrogen-bond donors (Lipinski definition) is 0. The number of methoxy groups -OCH3 is 2. The van der Waals surface area contributed by atoms with Gasteiger partial charge in [-0.15, -0.1) is 0 Å². The molecular formula is C17H16N2O8. The zero-order valence-corrected chi connectivity index (χ0v) is 14.5. The molecule has 2 rings (SSSR count). The molecule has 27 heavy (non-hydrogen) atoms. The lowest BCUT2D eigenvalue weighted by Gasteiger charge is -2.10. The van der Waals surface area contributed by atoms with Crippen molar-refractivity contribution in [3.63, 3.8) is 0 Å². The zero-order valence-electron chi connectivity index (χ0n) is 14.5. The second-order valence-electron chi connectivity index (χ2n) is 5.22. The first kappa shape index (κ1) is 19.6. The van der Waals surface area contributed by atoms with Gasteiger partial charge >= 0.3 is 11.9 Å². The molecular weight excluding hydrogens is 360 g/mol. The van der Waals surface area contributed by atoms with Crippen LogP contribution in [0.2, 0.25) is 0 Å². The maximum atomic E-state index is 12.3. The predicted molar refractivity (Wildman–Crippen MR) is 92.0 cm³/mol. The summed E-state index contributed by atoms with van der Waals surface area (Å²) in [6.45, 7) is -0.0392. The van der Waals surface area contributed by atoms with E-state index in [2.05, 4.69) is 9.47 Å². The second-order valence-corrected chi connectivity index (χ2v) is 5.22. The lowest BCUT2D eigenvalue weighted by atomic mass is 10.2. The molecule has 0 aliphatic carbocycles. The Morgan fingerprint density at radius 2 is 1.74 bits per heavy atom. The fourth-order valence-electron chi connectivity index (χ4n) is 2.21. The van der Waals surface area contributed by atoms with Gasteiger partial charge in [0.25, 0.3) is 11.2 Å². The van der Waals surface area contributed by atoms with E-state index in [9.17, 15) is 24.5 Å². The average molecular weight is 376 g/mol. The third-order valence-electron chi connectivity index (χ3n) is 3.56. The molecule has 2 aromatic rings. The van der Waals surface area contributed by atoms with Gasteiger partial charge in [0, 0.05) is 6.07 Å². The summed E-state index contributed by atoms with van der Waals surface area (Å²) in [7, 11) is 2.35. The van der Waals surface area contributed by atoms with Crippen molar-refractivity contribution in [2.45, 2.75) is 6.54 Å².